The second-order valence-electron chi connectivity index (χ2n) is 4.14. The molecule has 0 atom stereocenters. The smallest absolute Gasteiger partial charge is 0.220 e. The van der Waals surface area contributed by atoms with Crippen molar-refractivity contribution in [3.8, 4) is 5.75 Å². The number of hydrogen-bond acceptors (Lipinski definition) is 3. The maximum Gasteiger partial charge on any atom is 0.220 e. The van der Waals surface area contributed by atoms with Gasteiger partial charge in [0.2, 0.25) is 5.91 Å². The van der Waals surface area contributed by atoms with Crippen LogP contribution in [0.5, 0.6) is 5.75 Å². The van der Waals surface area contributed by atoms with E-state index >= 15 is 0 Å². The third-order valence-corrected chi connectivity index (χ3v) is 2.56. The van der Waals surface area contributed by atoms with Gasteiger partial charge in [0.15, 0.2) is 0 Å². The van der Waals surface area contributed by atoms with Crippen LogP contribution < -0.4 is 10.1 Å². The zero-order chi connectivity index (χ0) is 13.2. The summed E-state index contributed by atoms with van der Waals surface area (Å²) in [5, 5.41) is 11.3. The lowest BCUT2D eigenvalue weighted by atomic mass is 10.2. The maximum absolute atomic E-state index is 11.3. The number of benzene rings is 1. The summed E-state index contributed by atoms with van der Waals surface area (Å²) in [6.45, 7) is 3.18. The molecule has 1 amide bonds. The Morgan fingerprint density at radius 1 is 1.33 bits per heavy atom. The molecule has 1 aromatic carbocycles. The number of carbonyl (C=O) groups is 1. The van der Waals surface area contributed by atoms with E-state index < -0.39 is 0 Å². The predicted octanol–water partition coefficient (Wildman–Crippen LogP) is 1.65. The second kappa shape index (κ2) is 8.53. The van der Waals surface area contributed by atoms with E-state index in [1.54, 1.807) is 0 Å². The van der Waals surface area contributed by atoms with Crippen LogP contribution in [0, 0.1) is 6.92 Å². The van der Waals surface area contributed by atoms with Crippen molar-refractivity contribution in [2.24, 2.45) is 0 Å². The SMILES string of the molecule is Cc1ccccc1OCCCC(=O)NCCCO. The van der Waals surface area contributed by atoms with Crippen LogP contribution in [0.4, 0.5) is 0 Å². The Labute approximate surface area is 108 Å². The van der Waals surface area contributed by atoms with Crippen LogP contribution in [-0.4, -0.2) is 30.8 Å². The molecule has 0 aliphatic carbocycles. The molecule has 100 valence electrons. The standard InChI is InChI=1S/C14H21NO3/c1-12-6-2-3-7-13(12)18-11-4-8-14(17)15-9-5-10-16/h2-3,6-7,16H,4-5,8-11H2,1H3,(H,15,17). The summed E-state index contributed by atoms with van der Waals surface area (Å²) in [5.41, 5.74) is 1.10. The molecular weight excluding hydrogens is 230 g/mol. The number of rotatable bonds is 8. The average Bonchev–Trinajstić information content (AvgIpc) is 2.37. The van der Waals surface area contributed by atoms with E-state index in [1.165, 1.54) is 0 Å². The van der Waals surface area contributed by atoms with Crippen LogP contribution in [0.15, 0.2) is 24.3 Å². The number of aliphatic hydroxyl groups is 1. The van der Waals surface area contributed by atoms with Crippen molar-refractivity contribution in [3.63, 3.8) is 0 Å². The first-order chi connectivity index (χ1) is 8.74. The maximum atomic E-state index is 11.3. The van der Waals surface area contributed by atoms with Gasteiger partial charge in [-0.2, -0.15) is 0 Å². The Morgan fingerprint density at radius 2 is 2.11 bits per heavy atom. The zero-order valence-corrected chi connectivity index (χ0v) is 10.8. The van der Waals surface area contributed by atoms with Gasteiger partial charge in [-0.05, 0) is 31.4 Å². The van der Waals surface area contributed by atoms with Gasteiger partial charge in [-0.3, -0.25) is 4.79 Å². The van der Waals surface area contributed by atoms with Gasteiger partial charge in [0.1, 0.15) is 5.75 Å². The van der Waals surface area contributed by atoms with Gasteiger partial charge >= 0.3 is 0 Å². The van der Waals surface area contributed by atoms with E-state index in [9.17, 15) is 4.79 Å². The molecule has 0 fully saturated rings. The molecule has 0 spiro atoms. The van der Waals surface area contributed by atoms with Gasteiger partial charge in [-0.15, -0.1) is 0 Å². The lowest BCUT2D eigenvalue weighted by Crippen LogP contribution is -2.25. The number of ether oxygens (including phenoxy) is 1. The van der Waals surface area contributed by atoms with Gasteiger partial charge in [0.05, 0.1) is 6.61 Å². The van der Waals surface area contributed by atoms with Crippen LogP contribution in [0.1, 0.15) is 24.8 Å². The molecular formula is C14H21NO3. The molecule has 0 saturated heterocycles. The van der Waals surface area contributed by atoms with Gasteiger partial charge in [-0.1, -0.05) is 18.2 Å². The van der Waals surface area contributed by atoms with Crippen LogP contribution in [0.3, 0.4) is 0 Å². The number of aryl methyl sites for hydroxylation is 1. The van der Waals surface area contributed by atoms with Crippen LogP contribution >= 0.6 is 0 Å². The van der Waals surface area contributed by atoms with Crippen molar-refractivity contribution in [2.45, 2.75) is 26.2 Å². The molecule has 0 aliphatic rings. The van der Waals surface area contributed by atoms with Gasteiger partial charge in [-0.25, -0.2) is 0 Å². The Bertz CT molecular complexity index is 366. The number of nitrogens with one attached hydrogen (secondary N) is 1. The van der Waals surface area contributed by atoms with Crippen molar-refractivity contribution < 1.29 is 14.6 Å². The van der Waals surface area contributed by atoms with Crippen molar-refractivity contribution in [1.29, 1.82) is 0 Å². The largest absolute Gasteiger partial charge is 0.493 e. The minimum atomic E-state index is 0.0110. The van der Waals surface area contributed by atoms with E-state index in [2.05, 4.69) is 5.32 Å². The molecule has 0 aromatic heterocycles. The first kappa shape index (κ1) is 14.5. The highest BCUT2D eigenvalue weighted by Crippen LogP contribution is 2.16. The molecule has 0 unspecified atom stereocenters. The molecule has 0 aliphatic heterocycles. The summed E-state index contributed by atoms with van der Waals surface area (Å²) in [6.07, 6.45) is 1.75. The molecule has 1 rings (SSSR count). The Hall–Kier alpha value is -1.55. The fourth-order valence-electron chi connectivity index (χ4n) is 1.53. The second-order valence-corrected chi connectivity index (χ2v) is 4.14. The molecule has 0 radical (unpaired) electrons. The van der Waals surface area contributed by atoms with Gasteiger partial charge in [0, 0.05) is 19.6 Å². The third-order valence-electron chi connectivity index (χ3n) is 2.56. The topological polar surface area (TPSA) is 58.6 Å². The number of aliphatic hydroxyl groups excluding tert-OH is 1. The first-order valence-electron chi connectivity index (χ1n) is 6.30. The normalized spacial score (nSPS) is 10.1. The monoisotopic (exact) mass is 251 g/mol. The van der Waals surface area contributed by atoms with E-state index in [1.807, 2.05) is 31.2 Å². The summed E-state index contributed by atoms with van der Waals surface area (Å²) in [5.74, 6) is 0.884. The number of hydrogen-bond donors (Lipinski definition) is 2. The molecule has 2 N–H and O–H groups in total. The van der Waals surface area contributed by atoms with Crippen LogP contribution in [-0.2, 0) is 4.79 Å². The van der Waals surface area contributed by atoms with Gasteiger partial charge in [0.25, 0.3) is 0 Å². The zero-order valence-electron chi connectivity index (χ0n) is 10.8. The summed E-state index contributed by atoms with van der Waals surface area (Å²) in [7, 11) is 0. The lowest BCUT2D eigenvalue weighted by Gasteiger charge is -2.08. The molecule has 4 heteroatoms. The highest BCUT2D eigenvalue weighted by molar-refractivity contribution is 5.75. The van der Waals surface area contributed by atoms with Crippen molar-refractivity contribution in [3.05, 3.63) is 29.8 Å². The first-order valence-corrected chi connectivity index (χ1v) is 6.30. The quantitative estimate of drug-likeness (QED) is 0.691. The van der Waals surface area contributed by atoms with Gasteiger partial charge < -0.3 is 15.2 Å². The summed E-state index contributed by atoms with van der Waals surface area (Å²) < 4.78 is 5.59. The van der Waals surface area contributed by atoms with Crippen molar-refractivity contribution in [1.82, 2.24) is 5.32 Å². The molecule has 1 aromatic rings. The van der Waals surface area contributed by atoms with E-state index in [0.29, 0.717) is 32.4 Å². The number of para-hydroxylation sites is 1. The van der Waals surface area contributed by atoms with Crippen LogP contribution in [0.25, 0.3) is 0 Å². The Morgan fingerprint density at radius 3 is 2.83 bits per heavy atom. The fraction of sp³-hybridized carbons (Fsp3) is 0.500. The highest BCUT2D eigenvalue weighted by Gasteiger charge is 2.01. The van der Waals surface area contributed by atoms with E-state index in [0.717, 1.165) is 11.3 Å². The summed E-state index contributed by atoms with van der Waals surface area (Å²) >= 11 is 0. The average molecular weight is 251 g/mol. The minimum Gasteiger partial charge on any atom is -0.493 e. The Kier molecular flexibility index (Phi) is 6.87. The molecule has 18 heavy (non-hydrogen) atoms. The molecule has 0 bridgehead atoms. The predicted molar refractivity (Wildman–Crippen MR) is 70.6 cm³/mol. The number of amides is 1. The molecule has 0 saturated carbocycles. The highest BCUT2D eigenvalue weighted by atomic mass is 16.5. The third kappa shape index (κ3) is 5.68. The lowest BCUT2D eigenvalue weighted by molar-refractivity contribution is -0.121. The molecule has 0 heterocycles. The van der Waals surface area contributed by atoms with Crippen LogP contribution in [0.2, 0.25) is 0 Å². The Balaban J connectivity index is 2.12. The summed E-state index contributed by atoms with van der Waals surface area (Å²) in [4.78, 5) is 11.3. The van der Waals surface area contributed by atoms with Crippen molar-refractivity contribution >= 4 is 5.91 Å². The molecule has 4 nitrogen and oxygen atoms in total. The number of carbonyl (C=O) groups excluding carboxylic acids is 1. The summed E-state index contributed by atoms with van der Waals surface area (Å²) in [6, 6.07) is 7.83. The fourth-order valence-corrected chi connectivity index (χ4v) is 1.53. The van der Waals surface area contributed by atoms with E-state index in [-0.39, 0.29) is 12.5 Å². The van der Waals surface area contributed by atoms with Crippen molar-refractivity contribution in [2.75, 3.05) is 19.8 Å². The minimum absolute atomic E-state index is 0.0110. The van der Waals surface area contributed by atoms with E-state index in [4.69, 9.17) is 9.84 Å².